The third-order valence-corrected chi connectivity index (χ3v) is 6.51. The third kappa shape index (κ3) is 4.70. The summed E-state index contributed by atoms with van der Waals surface area (Å²) in [5.74, 6) is -2.12. The van der Waals surface area contributed by atoms with E-state index in [1.165, 1.54) is 24.3 Å². The molecule has 0 saturated carbocycles. The lowest BCUT2D eigenvalue weighted by molar-refractivity contribution is -0.0309. The summed E-state index contributed by atoms with van der Waals surface area (Å²) in [6.45, 7) is 4.49. The van der Waals surface area contributed by atoms with E-state index in [4.69, 9.17) is 11.6 Å². The van der Waals surface area contributed by atoms with Crippen molar-refractivity contribution in [3.05, 3.63) is 106 Å². The van der Waals surface area contributed by atoms with Crippen LogP contribution in [0.3, 0.4) is 0 Å². The molecule has 32 heavy (non-hydrogen) atoms. The van der Waals surface area contributed by atoms with Gasteiger partial charge in [0, 0.05) is 30.1 Å². The molecule has 0 amide bonds. The highest BCUT2D eigenvalue weighted by Gasteiger charge is 2.44. The molecule has 1 aliphatic rings. The van der Waals surface area contributed by atoms with E-state index in [-0.39, 0.29) is 17.8 Å². The standard InChI is InChI=1S/C26H25ClF3NO/c1-26(2,32)24(17-11-20(29)13-21(30)12-17)18-14-31(15-18)25(16-7-9-19(28)10-8-16)22-5-3-4-6-23(22)27/h3-13,18,24-25,32H,14-15H2,1-2H3/t24-,25?/m1/s1. The Morgan fingerprint density at radius 1 is 0.875 bits per heavy atom. The molecule has 1 saturated heterocycles. The fourth-order valence-corrected chi connectivity index (χ4v) is 5.15. The number of hydrogen-bond donors (Lipinski definition) is 1. The molecule has 6 heteroatoms. The zero-order chi connectivity index (χ0) is 23.0. The molecule has 1 fully saturated rings. The molecule has 3 aromatic carbocycles. The Balaban J connectivity index is 1.65. The topological polar surface area (TPSA) is 23.5 Å². The van der Waals surface area contributed by atoms with E-state index in [2.05, 4.69) is 4.90 Å². The van der Waals surface area contributed by atoms with Crippen LogP contribution in [0.5, 0.6) is 0 Å². The predicted octanol–water partition coefficient (Wildman–Crippen LogP) is 6.33. The molecule has 0 aliphatic carbocycles. The van der Waals surface area contributed by atoms with Crippen molar-refractivity contribution in [2.45, 2.75) is 31.4 Å². The summed E-state index contributed by atoms with van der Waals surface area (Å²) >= 11 is 6.50. The summed E-state index contributed by atoms with van der Waals surface area (Å²) < 4.78 is 41.4. The number of hydrogen-bond acceptors (Lipinski definition) is 2. The van der Waals surface area contributed by atoms with E-state index in [0.29, 0.717) is 23.7 Å². The lowest BCUT2D eigenvalue weighted by Crippen LogP contribution is -2.54. The minimum atomic E-state index is -1.17. The van der Waals surface area contributed by atoms with Gasteiger partial charge in [0.2, 0.25) is 0 Å². The van der Waals surface area contributed by atoms with Crippen molar-refractivity contribution in [3.8, 4) is 0 Å². The Morgan fingerprint density at radius 2 is 1.47 bits per heavy atom. The quantitative estimate of drug-likeness (QED) is 0.465. The maximum Gasteiger partial charge on any atom is 0.126 e. The van der Waals surface area contributed by atoms with Crippen LogP contribution in [0, 0.1) is 23.4 Å². The fraction of sp³-hybridized carbons (Fsp3) is 0.308. The van der Waals surface area contributed by atoms with E-state index in [9.17, 15) is 18.3 Å². The molecule has 0 radical (unpaired) electrons. The smallest absolute Gasteiger partial charge is 0.126 e. The Morgan fingerprint density at radius 3 is 2.03 bits per heavy atom. The number of benzene rings is 3. The van der Waals surface area contributed by atoms with Gasteiger partial charge in [-0.1, -0.05) is 41.9 Å². The second-order valence-electron chi connectivity index (χ2n) is 9.02. The highest BCUT2D eigenvalue weighted by Crippen LogP contribution is 2.45. The van der Waals surface area contributed by atoms with Gasteiger partial charge in [0.05, 0.1) is 11.6 Å². The minimum Gasteiger partial charge on any atom is -0.390 e. The number of likely N-dealkylation sites (tertiary alicyclic amines) is 1. The second kappa shape index (κ2) is 8.89. The van der Waals surface area contributed by atoms with Gasteiger partial charge in [-0.05, 0) is 66.8 Å². The molecule has 4 rings (SSSR count). The highest BCUT2D eigenvalue weighted by molar-refractivity contribution is 6.31. The fourth-order valence-electron chi connectivity index (χ4n) is 4.91. The molecular weight excluding hydrogens is 435 g/mol. The van der Waals surface area contributed by atoms with Crippen molar-refractivity contribution in [3.63, 3.8) is 0 Å². The minimum absolute atomic E-state index is 0.0263. The largest absolute Gasteiger partial charge is 0.390 e. The second-order valence-corrected chi connectivity index (χ2v) is 9.43. The van der Waals surface area contributed by atoms with Gasteiger partial charge >= 0.3 is 0 Å². The maximum atomic E-state index is 13.9. The van der Waals surface area contributed by atoms with Crippen molar-refractivity contribution in [1.82, 2.24) is 4.90 Å². The Hall–Kier alpha value is -2.34. The van der Waals surface area contributed by atoms with Crippen molar-refractivity contribution < 1.29 is 18.3 Å². The van der Waals surface area contributed by atoms with Gasteiger partial charge in [0.1, 0.15) is 17.5 Å². The van der Waals surface area contributed by atoms with Gasteiger partial charge in [0.25, 0.3) is 0 Å². The van der Waals surface area contributed by atoms with Crippen molar-refractivity contribution >= 4 is 11.6 Å². The van der Waals surface area contributed by atoms with Gasteiger partial charge in [-0.2, -0.15) is 0 Å². The van der Waals surface area contributed by atoms with Gasteiger partial charge in [-0.15, -0.1) is 0 Å². The first kappa shape index (κ1) is 22.8. The Kier molecular flexibility index (Phi) is 6.35. The summed E-state index contributed by atoms with van der Waals surface area (Å²) in [4.78, 5) is 2.19. The number of rotatable bonds is 6. The van der Waals surface area contributed by atoms with Crippen molar-refractivity contribution in [2.75, 3.05) is 13.1 Å². The Labute approximate surface area is 191 Å². The zero-order valence-corrected chi connectivity index (χ0v) is 18.7. The first-order chi connectivity index (χ1) is 15.1. The van der Waals surface area contributed by atoms with Crippen LogP contribution in [0.1, 0.15) is 42.5 Å². The average molecular weight is 460 g/mol. The SMILES string of the molecule is CC(C)(O)[C@H](c1cc(F)cc(F)c1)C1CN(C(c2ccc(F)cc2)c2ccccc2Cl)C1. The van der Waals surface area contributed by atoms with Crippen molar-refractivity contribution in [1.29, 1.82) is 0 Å². The third-order valence-electron chi connectivity index (χ3n) is 6.17. The molecule has 1 N–H and O–H groups in total. The lowest BCUT2D eigenvalue weighted by atomic mass is 9.71. The number of aliphatic hydroxyl groups is 1. The molecule has 168 valence electrons. The van der Waals surface area contributed by atoms with Gasteiger partial charge in [-0.25, -0.2) is 13.2 Å². The van der Waals surface area contributed by atoms with Crippen LogP contribution >= 0.6 is 11.6 Å². The summed E-state index contributed by atoms with van der Waals surface area (Å²) in [6, 6.07) is 17.1. The first-order valence-electron chi connectivity index (χ1n) is 10.6. The normalized spacial score (nSPS) is 17.1. The summed E-state index contributed by atoms with van der Waals surface area (Å²) in [5, 5.41) is 11.5. The van der Waals surface area contributed by atoms with Crippen LogP contribution in [-0.4, -0.2) is 28.7 Å². The van der Waals surface area contributed by atoms with E-state index in [1.54, 1.807) is 26.0 Å². The summed E-state index contributed by atoms with van der Waals surface area (Å²) in [6.07, 6.45) is 0. The monoisotopic (exact) mass is 459 g/mol. The van der Waals surface area contributed by atoms with Gasteiger partial charge in [0.15, 0.2) is 0 Å². The number of halogens is 4. The molecule has 0 aromatic heterocycles. The summed E-state index contributed by atoms with van der Waals surface area (Å²) in [7, 11) is 0. The van der Waals surface area contributed by atoms with Crippen LogP contribution in [-0.2, 0) is 0 Å². The van der Waals surface area contributed by atoms with Crippen LogP contribution in [0.15, 0.2) is 66.7 Å². The molecule has 1 unspecified atom stereocenters. The molecule has 2 atom stereocenters. The predicted molar refractivity (Wildman–Crippen MR) is 120 cm³/mol. The van der Waals surface area contributed by atoms with Crippen LogP contribution in [0.4, 0.5) is 13.2 Å². The molecule has 1 aliphatic heterocycles. The Bertz CT molecular complexity index is 1070. The van der Waals surface area contributed by atoms with E-state index in [0.717, 1.165) is 17.2 Å². The molecular formula is C26H25ClF3NO. The van der Waals surface area contributed by atoms with Crippen LogP contribution in [0.25, 0.3) is 0 Å². The van der Waals surface area contributed by atoms with E-state index >= 15 is 0 Å². The average Bonchev–Trinajstić information content (AvgIpc) is 2.67. The lowest BCUT2D eigenvalue weighted by Gasteiger charge is -2.50. The maximum absolute atomic E-state index is 13.9. The van der Waals surface area contributed by atoms with Gasteiger partial charge in [-0.3, -0.25) is 4.90 Å². The van der Waals surface area contributed by atoms with Gasteiger partial charge < -0.3 is 5.11 Å². The highest BCUT2D eigenvalue weighted by atomic mass is 35.5. The first-order valence-corrected chi connectivity index (χ1v) is 10.9. The number of nitrogens with zero attached hydrogens (tertiary/aromatic N) is 1. The molecule has 0 spiro atoms. The van der Waals surface area contributed by atoms with Crippen LogP contribution < -0.4 is 0 Å². The zero-order valence-electron chi connectivity index (χ0n) is 17.9. The van der Waals surface area contributed by atoms with Crippen molar-refractivity contribution in [2.24, 2.45) is 5.92 Å². The molecule has 3 aromatic rings. The summed E-state index contributed by atoms with van der Waals surface area (Å²) in [5.41, 5.74) is 1.06. The van der Waals surface area contributed by atoms with E-state index in [1.807, 2.05) is 24.3 Å². The van der Waals surface area contributed by atoms with E-state index < -0.39 is 23.2 Å². The molecule has 0 bridgehead atoms. The molecule has 1 heterocycles. The molecule has 2 nitrogen and oxygen atoms in total. The van der Waals surface area contributed by atoms with Crippen LogP contribution in [0.2, 0.25) is 5.02 Å².